The summed E-state index contributed by atoms with van der Waals surface area (Å²) in [5, 5.41) is 3.19. The van der Waals surface area contributed by atoms with Gasteiger partial charge in [0.05, 0.1) is 16.6 Å². The van der Waals surface area contributed by atoms with Crippen molar-refractivity contribution in [1.29, 1.82) is 0 Å². The minimum atomic E-state index is 0.0397. The highest BCUT2D eigenvalue weighted by Gasteiger charge is 2.27. The zero-order chi connectivity index (χ0) is 17.2. The monoisotopic (exact) mass is 379 g/mol. The Bertz CT molecular complexity index is 736. The highest BCUT2D eigenvalue weighted by atomic mass is 35.5. The number of halogens is 1. The molecule has 5 nitrogen and oxygen atoms in total. The summed E-state index contributed by atoms with van der Waals surface area (Å²) < 4.78 is 6.34. The number of hydrogen-bond donors (Lipinski definition) is 1. The largest absolute Gasteiger partial charge is 0.469 e. The molecule has 0 saturated carbocycles. The van der Waals surface area contributed by atoms with Crippen LogP contribution in [0, 0.1) is 0 Å². The Morgan fingerprint density at radius 1 is 1.28 bits per heavy atom. The summed E-state index contributed by atoms with van der Waals surface area (Å²) in [5.74, 6) is 1.02. The van der Waals surface area contributed by atoms with E-state index in [4.69, 9.17) is 16.0 Å². The number of hydrogen-bond acceptors (Lipinski definition) is 4. The van der Waals surface area contributed by atoms with Crippen molar-refractivity contribution in [3.63, 3.8) is 0 Å². The summed E-state index contributed by atoms with van der Waals surface area (Å²) in [6, 6.07) is 6.14. The molecule has 2 aromatic heterocycles. The normalized spacial score (nSPS) is 21.2. The van der Waals surface area contributed by atoms with E-state index in [0.29, 0.717) is 0 Å². The smallest absolute Gasteiger partial charge is 0.317 e. The maximum Gasteiger partial charge on any atom is 0.317 e. The topological polar surface area (TPSA) is 48.7 Å². The molecule has 134 valence electrons. The van der Waals surface area contributed by atoms with Gasteiger partial charge in [0.2, 0.25) is 0 Å². The van der Waals surface area contributed by atoms with Crippen LogP contribution in [0.25, 0.3) is 0 Å². The van der Waals surface area contributed by atoms with Gasteiger partial charge >= 0.3 is 6.03 Å². The van der Waals surface area contributed by atoms with Gasteiger partial charge in [0.15, 0.2) is 0 Å². The highest BCUT2D eigenvalue weighted by Crippen LogP contribution is 2.30. The van der Waals surface area contributed by atoms with Crippen LogP contribution in [0.5, 0.6) is 0 Å². The van der Waals surface area contributed by atoms with E-state index < -0.39 is 0 Å². The Kier molecular flexibility index (Phi) is 5.01. The Morgan fingerprint density at radius 2 is 2.12 bits per heavy atom. The van der Waals surface area contributed by atoms with Gasteiger partial charge in [-0.1, -0.05) is 11.6 Å². The van der Waals surface area contributed by atoms with E-state index in [2.05, 4.69) is 16.3 Å². The number of nitrogens with zero attached hydrogens (tertiary/aromatic N) is 2. The molecule has 1 fully saturated rings. The fraction of sp³-hybridized carbons (Fsp3) is 0.500. The van der Waals surface area contributed by atoms with Crippen LogP contribution in [0.4, 0.5) is 4.79 Å². The van der Waals surface area contributed by atoms with Gasteiger partial charge in [0.25, 0.3) is 0 Å². The predicted octanol–water partition coefficient (Wildman–Crippen LogP) is 3.90. The third-order valence-electron chi connectivity index (χ3n) is 5.02. The van der Waals surface area contributed by atoms with Crippen molar-refractivity contribution in [2.75, 3.05) is 26.2 Å². The van der Waals surface area contributed by atoms with Crippen molar-refractivity contribution in [2.45, 2.75) is 31.8 Å². The number of thiophene rings is 1. The van der Waals surface area contributed by atoms with Crippen LogP contribution in [0.15, 0.2) is 28.9 Å². The Labute approximate surface area is 156 Å². The van der Waals surface area contributed by atoms with E-state index in [9.17, 15) is 4.79 Å². The number of aryl methyl sites for hydroxylation is 1. The summed E-state index contributed by atoms with van der Waals surface area (Å²) in [6.07, 6.45) is 4.74. The molecule has 1 unspecified atom stereocenters. The fourth-order valence-corrected chi connectivity index (χ4v) is 4.77. The molecule has 2 aliphatic rings. The number of furan rings is 1. The molecular formula is C18H22ClN3O2S. The lowest BCUT2D eigenvalue weighted by atomic mass is 9.93. The standard InChI is InChI=1S/C18H22ClN3O2S/c19-17-5-4-13(25-17)12-21-7-9-22(10-8-21)18(23)20-15-2-1-3-16-14(15)6-11-24-16/h4-6,11,15H,1-3,7-10,12H2,(H,20,23). The van der Waals surface area contributed by atoms with Crippen LogP contribution in [0.2, 0.25) is 4.34 Å². The number of piperazine rings is 1. The molecule has 0 bridgehead atoms. The molecule has 1 saturated heterocycles. The minimum absolute atomic E-state index is 0.0397. The van der Waals surface area contributed by atoms with Crippen LogP contribution in [0.3, 0.4) is 0 Å². The predicted molar refractivity (Wildman–Crippen MR) is 99.1 cm³/mol. The summed E-state index contributed by atoms with van der Waals surface area (Å²) in [6.45, 7) is 4.22. The highest BCUT2D eigenvalue weighted by molar-refractivity contribution is 7.16. The molecule has 3 heterocycles. The van der Waals surface area contributed by atoms with Crippen molar-refractivity contribution in [3.05, 3.63) is 45.0 Å². The summed E-state index contributed by atoms with van der Waals surface area (Å²) in [5.41, 5.74) is 1.15. The Hall–Kier alpha value is -1.50. The van der Waals surface area contributed by atoms with E-state index in [1.165, 1.54) is 4.88 Å². The molecule has 0 aromatic carbocycles. The van der Waals surface area contributed by atoms with Crippen LogP contribution in [-0.2, 0) is 13.0 Å². The van der Waals surface area contributed by atoms with Crippen molar-refractivity contribution >= 4 is 29.0 Å². The molecule has 1 aliphatic heterocycles. The first-order valence-corrected chi connectivity index (χ1v) is 9.97. The van der Waals surface area contributed by atoms with Crippen LogP contribution >= 0.6 is 22.9 Å². The second kappa shape index (κ2) is 7.40. The molecular weight excluding hydrogens is 358 g/mol. The van der Waals surface area contributed by atoms with Gasteiger partial charge in [-0.15, -0.1) is 11.3 Å². The van der Waals surface area contributed by atoms with Crippen LogP contribution < -0.4 is 5.32 Å². The molecule has 4 rings (SSSR count). The zero-order valence-electron chi connectivity index (χ0n) is 14.0. The lowest BCUT2D eigenvalue weighted by Crippen LogP contribution is -2.52. The van der Waals surface area contributed by atoms with Crippen molar-refractivity contribution in [3.8, 4) is 0 Å². The average Bonchev–Trinajstić information content (AvgIpc) is 3.25. The quantitative estimate of drug-likeness (QED) is 0.879. The first kappa shape index (κ1) is 16.9. The second-order valence-electron chi connectivity index (χ2n) is 6.66. The lowest BCUT2D eigenvalue weighted by Gasteiger charge is -2.35. The molecule has 1 aliphatic carbocycles. The van der Waals surface area contributed by atoms with Gasteiger partial charge < -0.3 is 14.6 Å². The van der Waals surface area contributed by atoms with Crippen LogP contribution in [0.1, 0.15) is 35.1 Å². The van der Waals surface area contributed by atoms with E-state index in [0.717, 1.165) is 67.6 Å². The third-order valence-corrected chi connectivity index (χ3v) is 6.23. The lowest BCUT2D eigenvalue weighted by molar-refractivity contribution is 0.133. The van der Waals surface area contributed by atoms with Gasteiger partial charge in [-0.3, -0.25) is 4.90 Å². The minimum Gasteiger partial charge on any atom is -0.469 e. The third kappa shape index (κ3) is 3.86. The molecule has 0 spiro atoms. The van der Waals surface area contributed by atoms with E-state index in [-0.39, 0.29) is 12.1 Å². The first-order chi connectivity index (χ1) is 12.2. The number of nitrogens with one attached hydrogen (secondary N) is 1. The van der Waals surface area contributed by atoms with Crippen LogP contribution in [-0.4, -0.2) is 42.0 Å². The van der Waals surface area contributed by atoms with E-state index in [1.807, 2.05) is 17.0 Å². The van der Waals surface area contributed by atoms with Gasteiger partial charge in [-0.05, 0) is 31.0 Å². The molecule has 1 N–H and O–H groups in total. The number of carbonyl (C=O) groups is 1. The summed E-state index contributed by atoms with van der Waals surface area (Å²) >= 11 is 7.62. The fourth-order valence-electron chi connectivity index (χ4n) is 3.64. The van der Waals surface area contributed by atoms with Gasteiger partial charge in [-0.25, -0.2) is 4.79 Å². The molecule has 25 heavy (non-hydrogen) atoms. The Morgan fingerprint density at radius 3 is 2.88 bits per heavy atom. The number of rotatable bonds is 3. The SMILES string of the molecule is O=C(NC1CCCc2occc21)N1CCN(Cc2ccc(Cl)s2)CC1. The molecule has 1 atom stereocenters. The summed E-state index contributed by atoms with van der Waals surface area (Å²) in [7, 11) is 0. The second-order valence-corrected chi connectivity index (χ2v) is 8.46. The number of urea groups is 1. The molecule has 2 amide bonds. The maximum atomic E-state index is 12.6. The molecule has 0 radical (unpaired) electrons. The maximum absolute atomic E-state index is 12.6. The molecule has 2 aromatic rings. The number of amides is 2. The average molecular weight is 380 g/mol. The van der Waals surface area contributed by atoms with Crippen molar-refractivity contribution < 1.29 is 9.21 Å². The molecule has 7 heteroatoms. The van der Waals surface area contributed by atoms with E-state index in [1.54, 1.807) is 17.6 Å². The van der Waals surface area contributed by atoms with Gasteiger partial charge in [0, 0.05) is 49.6 Å². The number of fused-ring (bicyclic) bond motifs is 1. The van der Waals surface area contributed by atoms with Crippen molar-refractivity contribution in [2.24, 2.45) is 0 Å². The van der Waals surface area contributed by atoms with Crippen molar-refractivity contribution in [1.82, 2.24) is 15.1 Å². The summed E-state index contributed by atoms with van der Waals surface area (Å²) in [4.78, 5) is 18.2. The first-order valence-electron chi connectivity index (χ1n) is 8.77. The Balaban J connectivity index is 1.29. The zero-order valence-corrected chi connectivity index (χ0v) is 15.6. The van der Waals surface area contributed by atoms with Gasteiger partial charge in [-0.2, -0.15) is 0 Å². The van der Waals surface area contributed by atoms with E-state index >= 15 is 0 Å². The van der Waals surface area contributed by atoms with Gasteiger partial charge in [0.1, 0.15) is 5.76 Å². The number of carbonyl (C=O) groups excluding carboxylic acids is 1.